The van der Waals surface area contributed by atoms with E-state index in [2.05, 4.69) is 11.1 Å². The molecule has 5 heteroatoms. The van der Waals surface area contributed by atoms with E-state index in [0.29, 0.717) is 17.7 Å². The Kier molecular flexibility index (Phi) is 5.90. The largest absolute Gasteiger partial charge is 0.363 e. The van der Waals surface area contributed by atoms with Gasteiger partial charge < -0.3 is 9.30 Å². The fraction of sp³-hybridized carbons (Fsp3) is 0.103. The number of fused-ring (bicyclic) bond motifs is 1. The molecule has 4 aromatic carbocycles. The summed E-state index contributed by atoms with van der Waals surface area (Å²) in [7, 11) is 1.91. The highest BCUT2D eigenvalue weighted by Gasteiger charge is 2.21. The van der Waals surface area contributed by atoms with Crippen molar-refractivity contribution in [2.45, 2.75) is 12.7 Å². The van der Waals surface area contributed by atoms with Gasteiger partial charge in [0.25, 0.3) is 0 Å². The Morgan fingerprint density at radius 1 is 0.971 bits per heavy atom. The van der Waals surface area contributed by atoms with Gasteiger partial charge in [-0.1, -0.05) is 60.7 Å². The molecule has 0 saturated carbocycles. The minimum Gasteiger partial charge on any atom is -0.363 e. The van der Waals surface area contributed by atoms with Gasteiger partial charge in [-0.3, -0.25) is 0 Å². The van der Waals surface area contributed by atoms with Crippen molar-refractivity contribution in [2.75, 3.05) is 0 Å². The van der Waals surface area contributed by atoms with Crippen LogP contribution in [0.15, 0.2) is 97.5 Å². The zero-order chi connectivity index (χ0) is 23.5. The van der Waals surface area contributed by atoms with E-state index in [1.807, 2.05) is 72.3 Å². The van der Waals surface area contributed by atoms with E-state index in [4.69, 9.17) is 10.00 Å². The van der Waals surface area contributed by atoms with Gasteiger partial charge in [0, 0.05) is 12.6 Å². The number of nitriles is 1. The van der Waals surface area contributed by atoms with Gasteiger partial charge in [-0.05, 0) is 51.7 Å². The Balaban J connectivity index is 1.55. The van der Waals surface area contributed by atoms with Crippen molar-refractivity contribution >= 4 is 10.8 Å². The standard InChI is InChI=1S/C29H22FN3O/c1-33-19-32-17-28(33)29(34-18-21-11-9-20(16-31)10-12-21)23-13-14-27(30)26(15-23)25-8-4-6-22-5-2-3-7-24(22)25/h2-15,17,19,29H,18H2,1H3. The number of hydrogen-bond donors (Lipinski definition) is 0. The van der Waals surface area contributed by atoms with Crippen LogP contribution in [0.25, 0.3) is 21.9 Å². The quantitative estimate of drug-likeness (QED) is 0.296. The number of aryl methyl sites for hydroxylation is 1. The number of rotatable bonds is 6. The Bertz CT molecular complexity index is 1490. The van der Waals surface area contributed by atoms with Crippen LogP contribution in [0.1, 0.15) is 28.5 Å². The maximum Gasteiger partial charge on any atom is 0.131 e. The zero-order valence-electron chi connectivity index (χ0n) is 18.6. The molecular formula is C29H22FN3O. The summed E-state index contributed by atoms with van der Waals surface area (Å²) in [5, 5.41) is 11.1. The summed E-state index contributed by atoms with van der Waals surface area (Å²) in [4.78, 5) is 4.26. The highest BCUT2D eigenvalue weighted by molar-refractivity contribution is 5.96. The van der Waals surface area contributed by atoms with Gasteiger partial charge in [0.2, 0.25) is 0 Å². The molecule has 1 atom stereocenters. The number of benzene rings is 4. The Labute approximate surface area is 197 Å². The van der Waals surface area contributed by atoms with Gasteiger partial charge in [-0.2, -0.15) is 5.26 Å². The molecule has 4 nitrogen and oxygen atoms in total. The number of halogens is 1. The molecule has 5 rings (SSSR count). The first-order chi connectivity index (χ1) is 16.6. The van der Waals surface area contributed by atoms with E-state index >= 15 is 4.39 Å². The average molecular weight is 448 g/mol. The van der Waals surface area contributed by atoms with Crippen LogP contribution >= 0.6 is 0 Å². The second kappa shape index (κ2) is 9.30. The van der Waals surface area contributed by atoms with Crippen molar-refractivity contribution in [3.8, 4) is 17.2 Å². The summed E-state index contributed by atoms with van der Waals surface area (Å²) in [6.45, 7) is 0.336. The first-order valence-electron chi connectivity index (χ1n) is 11.0. The van der Waals surface area contributed by atoms with Crippen molar-refractivity contribution in [2.24, 2.45) is 7.05 Å². The minimum atomic E-state index is -0.447. The number of hydrogen-bond acceptors (Lipinski definition) is 3. The van der Waals surface area contributed by atoms with Crippen molar-refractivity contribution in [1.29, 1.82) is 5.26 Å². The molecule has 1 aromatic heterocycles. The van der Waals surface area contributed by atoms with E-state index in [1.54, 1.807) is 30.7 Å². The highest BCUT2D eigenvalue weighted by atomic mass is 19.1. The fourth-order valence-corrected chi connectivity index (χ4v) is 4.20. The first-order valence-corrected chi connectivity index (χ1v) is 11.0. The van der Waals surface area contributed by atoms with Crippen molar-refractivity contribution in [1.82, 2.24) is 9.55 Å². The molecule has 0 spiro atoms. The van der Waals surface area contributed by atoms with E-state index < -0.39 is 6.10 Å². The Hall–Kier alpha value is -4.27. The molecule has 0 aliphatic carbocycles. The lowest BCUT2D eigenvalue weighted by atomic mass is 9.95. The lowest BCUT2D eigenvalue weighted by molar-refractivity contribution is 0.0622. The van der Waals surface area contributed by atoms with Crippen molar-refractivity contribution in [3.05, 3.63) is 126 Å². The Morgan fingerprint density at radius 3 is 2.53 bits per heavy atom. The average Bonchev–Trinajstić information content (AvgIpc) is 3.30. The molecule has 0 radical (unpaired) electrons. The lowest BCUT2D eigenvalue weighted by Gasteiger charge is -2.20. The van der Waals surface area contributed by atoms with E-state index in [1.165, 1.54) is 6.07 Å². The minimum absolute atomic E-state index is 0.282. The smallest absolute Gasteiger partial charge is 0.131 e. The fourth-order valence-electron chi connectivity index (χ4n) is 4.20. The molecular weight excluding hydrogens is 425 g/mol. The summed E-state index contributed by atoms with van der Waals surface area (Å²) in [6.07, 6.45) is 3.05. The van der Waals surface area contributed by atoms with Crippen LogP contribution < -0.4 is 0 Å². The van der Waals surface area contributed by atoms with Crippen LogP contribution in [0.2, 0.25) is 0 Å². The van der Waals surface area contributed by atoms with Gasteiger partial charge in [-0.15, -0.1) is 0 Å². The number of ether oxygens (including phenoxy) is 1. The summed E-state index contributed by atoms with van der Waals surface area (Å²) in [5.41, 5.74) is 4.62. The molecule has 0 bridgehead atoms. The third-order valence-electron chi connectivity index (χ3n) is 6.00. The summed E-state index contributed by atoms with van der Waals surface area (Å²) < 4.78 is 23.4. The topological polar surface area (TPSA) is 50.8 Å². The lowest BCUT2D eigenvalue weighted by Crippen LogP contribution is -2.11. The van der Waals surface area contributed by atoms with E-state index in [-0.39, 0.29) is 5.82 Å². The van der Waals surface area contributed by atoms with Gasteiger partial charge in [0.05, 0.1) is 36.5 Å². The predicted molar refractivity (Wildman–Crippen MR) is 130 cm³/mol. The third kappa shape index (κ3) is 4.19. The predicted octanol–water partition coefficient (Wildman–Crippen LogP) is 6.56. The molecule has 0 fully saturated rings. The maximum absolute atomic E-state index is 15.1. The normalized spacial score (nSPS) is 11.9. The van der Waals surface area contributed by atoms with Crippen LogP contribution in [0, 0.1) is 17.1 Å². The van der Waals surface area contributed by atoms with Gasteiger partial charge in [0.1, 0.15) is 11.9 Å². The molecule has 0 N–H and O–H groups in total. The summed E-state index contributed by atoms with van der Waals surface area (Å²) >= 11 is 0. The maximum atomic E-state index is 15.1. The molecule has 0 aliphatic rings. The van der Waals surface area contributed by atoms with E-state index in [0.717, 1.165) is 33.2 Å². The molecule has 0 saturated heterocycles. The van der Waals surface area contributed by atoms with Gasteiger partial charge in [0.15, 0.2) is 0 Å². The second-order valence-electron chi connectivity index (χ2n) is 8.20. The second-order valence-corrected chi connectivity index (χ2v) is 8.20. The number of nitrogens with zero attached hydrogens (tertiary/aromatic N) is 3. The molecule has 166 valence electrons. The number of aromatic nitrogens is 2. The van der Waals surface area contributed by atoms with Crippen LogP contribution in [-0.2, 0) is 18.4 Å². The molecule has 1 heterocycles. The number of imidazole rings is 1. The SMILES string of the molecule is Cn1cncc1C(OCc1ccc(C#N)cc1)c1ccc(F)c(-c2cccc3ccccc23)c1. The van der Waals surface area contributed by atoms with Gasteiger partial charge in [-0.25, -0.2) is 9.37 Å². The molecule has 0 aliphatic heterocycles. The monoisotopic (exact) mass is 447 g/mol. The van der Waals surface area contributed by atoms with Crippen LogP contribution in [0.3, 0.4) is 0 Å². The van der Waals surface area contributed by atoms with Gasteiger partial charge >= 0.3 is 0 Å². The molecule has 5 aromatic rings. The van der Waals surface area contributed by atoms with E-state index in [9.17, 15) is 0 Å². The first kappa shape index (κ1) is 21.6. The summed E-state index contributed by atoms with van der Waals surface area (Å²) in [5.74, 6) is -0.282. The highest BCUT2D eigenvalue weighted by Crippen LogP contribution is 2.35. The van der Waals surface area contributed by atoms with Crippen molar-refractivity contribution in [3.63, 3.8) is 0 Å². The third-order valence-corrected chi connectivity index (χ3v) is 6.00. The molecule has 34 heavy (non-hydrogen) atoms. The molecule has 0 amide bonds. The zero-order valence-corrected chi connectivity index (χ0v) is 18.6. The van der Waals surface area contributed by atoms with Crippen molar-refractivity contribution < 1.29 is 9.13 Å². The summed E-state index contributed by atoms with van der Waals surface area (Å²) in [6, 6.07) is 28.5. The van der Waals surface area contributed by atoms with Crippen LogP contribution in [0.5, 0.6) is 0 Å². The van der Waals surface area contributed by atoms with Crippen LogP contribution in [0.4, 0.5) is 4.39 Å². The van der Waals surface area contributed by atoms with Crippen LogP contribution in [-0.4, -0.2) is 9.55 Å². The Morgan fingerprint density at radius 2 is 1.76 bits per heavy atom. The molecule has 1 unspecified atom stereocenters.